The van der Waals surface area contributed by atoms with E-state index >= 15 is 0 Å². The Morgan fingerprint density at radius 3 is 2.29 bits per heavy atom. The molecular weight excluding hydrogens is 176 g/mol. The van der Waals surface area contributed by atoms with Gasteiger partial charge in [-0.2, -0.15) is 0 Å². The van der Waals surface area contributed by atoms with Gasteiger partial charge in [0.05, 0.1) is 0 Å². The summed E-state index contributed by atoms with van der Waals surface area (Å²) in [5, 5.41) is 9.38. The van der Waals surface area contributed by atoms with E-state index in [9.17, 15) is 9.90 Å². The summed E-state index contributed by atoms with van der Waals surface area (Å²) >= 11 is 0. The zero-order valence-electron chi connectivity index (χ0n) is 9.28. The molecular formula is C12H22O2. The minimum Gasteiger partial charge on any atom is -0.385 e. The van der Waals surface area contributed by atoms with E-state index in [1.165, 1.54) is 19.3 Å². The molecule has 2 nitrogen and oxygen atoms in total. The van der Waals surface area contributed by atoms with Crippen molar-refractivity contribution in [2.45, 2.75) is 52.1 Å². The molecule has 1 fully saturated rings. The quantitative estimate of drug-likeness (QED) is 0.704. The van der Waals surface area contributed by atoms with Crippen LogP contribution in [0.25, 0.3) is 0 Å². The van der Waals surface area contributed by atoms with Gasteiger partial charge in [0.15, 0.2) is 0 Å². The Kier molecular flexibility index (Phi) is 4.59. The number of rotatable bonds is 4. The first-order chi connectivity index (χ1) is 6.63. The lowest BCUT2D eigenvalue weighted by molar-refractivity contribution is -0.118. The van der Waals surface area contributed by atoms with Gasteiger partial charge < -0.3 is 9.90 Å². The van der Waals surface area contributed by atoms with Gasteiger partial charge in [-0.05, 0) is 37.0 Å². The fraction of sp³-hybridized carbons (Fsp3) is 0.917. The second kappa shape index (κ2) is 5.50. The first-order valence-corrected chi connectivity index (χ1v) is 5.76. The maximum atomic E-state index is 10.4. The molecule has 0 aliphatic heterocycles. The standard InChI is InChI=1S/C12H22O2/c1-9(2)7-10-3-5-11(6-4-10)12(14)8-13/h8-12,14H,3-7H2,1-2H3/t10-,11-,12?. The van der Waals surface area contributed by atoms with Crippen LogP contribution in [0.5, 0.6) is 0 Å². The molecule has 82 valence electrons. The fourth-order valence-electron chi connectivity index (χ4n) is 2.54. The zero-order valence-corrected chi connectivity index (χ0v) is 9.28. The van der Waals surface area contributed by atoms with Crippen LogP contribution < -0.4 is 0 Å². The van der Waals surface area contributed by atoms with Gasteiger partial charge in [0, 0.05) is 0 Å². The van der Waals surface area contributed by atoms with Gasteiger partial charge in [0.2, 0.25) is 0 Å². The SMILES string of the molecule is CC(C)C[C@H]1CC[C@H](C(O)C=O)CC1. The van der Waals surface area contributed by atoms with E-state index in [0.29, 0.717) is 6.29 Å². The van der Waals surface area contributed by atoms with Gasteiger partial charge in [-0.1, -0.05) is 26.7 Å². The highest BCUT2D eigenvalue weighted by Gasteiger charge is 2.26. The van der Waals surface area contributed by atoms with Crippen molar-refractivity contribution in [3.05, 3.63) is 0 Å². The summed E-state index contributed by atoms with van der Waals surface area (Å²) in [7, 11) is 0. The maximum absolute atomic E-state index is 10.4. The largest absolute Gasteiger partial charge is 0.385 e. The fourth-order valence-corrected chi connectivity index (χ4v) is 2.54. The van der Waals surface area contributed by atoms with Crippen LogP contribution in [0.1, 0.15) is 46.0 Å². The third kappa shape index (κ3) is 3.41. The smallest absolute Gasteiger partial charge is 0.148 e. The van der Waals surface area contributed by atoms with Crippen molar-refractivity contribution in [3.8, 4) is 0 Å². The van der Waals surface area contributed by atoms with Crippen molar-refractivity contribution < 1.29 is 9.90 Å². The van der Waals surface area contributed by atoms with E-state index in [0.717, 1.165) is 24.7 Å². The highest BCUT2D eigenvalue weighted by molar-refractivity contribution is 5.56. The molecule has 0 spiro atoms. The number of carbonyl (C=O) groups excluding carboxylic acids is 1. The minimum atomic E-state index is -0.713. The Bertz CT molecular complexity index is 169. The van der Waals surface area contributed by atoms with Crippen molar-refractivity contribution >= 4 is 6.29 Å². The molecule has 1 N–H and O–H groups in total. The van der Waals surface area contributed by atoms with Crippen LogP contribution in [-0.2, 0) is 4.79 Å². The summed E-state index contributed by atoms with van der Waals surface area (Å²) < 4.78 is 0. The van der Waals surface area contributed by atoms with Crippen molar-refractivity contribution in [2.24, 2.45) is 17.8 Å². The predicted octanol–water partition coefficient (Wildman–Crippen LogP) is 2.40. The summed E-state index contributed by atoms with van der Waals surface area (Å²) in [6.45, 7) is 4.51. The third-order valence-corrected chi connectivity index (χ3v) is 3.32. The summed E-state index contributed by atoms with van der Waals surface area (Å²) in [5.74, 6) is 1.83. The van der Waals surface area contributed by atoms with E-state index in [4.69, 9.17) is 0 Å². The molecule has 0 bridgehead atoms. The number of hydrogen-bond acceptors (Lipinski definition) is 2. The van der Waals surface area contributed by atoms with E-state index in [1.54, 1.807) is 0 Å². The van der Waals surface area contributed by atoms with Crippen LogP contribution in [0.4, 0.5) is 0 Å². The Morgan fingerprint density at radius 1 is 1.29 bits per heavy atom. The molecule has 1 rings (SSSR count). The highest BCUT2D eigenvalue weighted by Crippen LogP contribution is 2.33. The maximum Gasteiger partial charge on any atom is 0.148 e. The van der Waals surface area contributed by atoms with E-state index < -0.39 is 6.10 Å². The molecule has 1 aliphatic rings. The van der Waals surface area contributed by atoms with Crippen molar-refractivity contribution in [3.63, 3.8) is 0 Å². The molecule has 1 saturated carbocycles. The summed E-state index contributed by atoms with van der Waals surface area (Å²) in [6, 6.07) is 0. The predicted molar refractivity (Wildman–Crippen MR) is 57.0 cm³/mol. The number of carbonyl (C=O) groups is 1. The zero-order chi connectivity index (χ0) is 10.6. The van der Waals surface area contributed by atoms with Gasteiger partial charge in [-0.3, -0.25) is 0 Å². The molecule has 2 heteroatoms. The van der Waals surface area contributed by atoms with E-state index in [1.807, 2.05) is 0 Å². The lowest BCUT2D eigenvalue weighted by atomic mass is 9.77. The highest BCUT2D eigenvalue weighted by atomic mass is 16.3. The summed E-state index contributed by atoms with van der Waals surface area (Å²) in [4.78, 5) is 10.4. The van der Waals surface area contributed by atoms with Crippen LogP contribution in [0.15, 0.2) is 0 Å². The number of hydrogen-bond donors (Lipinski definition) is 1. The topological polar surface area (TPSA) is 37.3 Å². The average Bonchev–Trinajstić information content (AvgIpc) is 2.17. The molecule has 0 aromatic rings. The van der Waals surface area contributed by atoms with Crippen molar-refractivity contribution in [1.29, 1.82) is 0 Å². The molecule has 1 unspecified atom stereocenters. The lowest BCUT2D eigenvalue weighted by Crippen LogP contribution is -2.27. The average molecular weight is 198 g/mol. The monoisotopic (exact) mass is 198 g/mol. The normalized spacial score (nSPS) is 30.3. The van der Waals surface area contributed by atoms with Crippen LogP contribution in [0.3, 0.4) is 0 Å². The van der Waals surface area contributed by atoms with E-state index in [-0.39, 0.29) is 5.92 Å². The molecule has 1 atom stereocenters. The first kappa shape index (κ1) is 11.7. The molecule has 0 aromatic carbocycles. The number of aldehydes is 1. The van der Waals surface area contributed by atoms with Gasteiger partial charge in [-0.15, -0.1) is 0 Å². The summed E-state index contributed by atoms with van der Waals surface area (Å²) in [6.07, 6.45) is 5.70. The van der Waals surface area contributed by atoms with Crippen LogP contribution in [-0.4, -0.2) is 17.5 Å². The second-order valence-electron chi connectivity index (χ2n) is 5.04. The Morgan fingerprint density at radius 2 is 1.86 bits per heavy atom. The second-order valence-corrected chi connectivity index (χ2v) is 5.04. The van der Waals surface area contributed by atoms with Gasteiger partial charge in [-0.25, -0.2) is 0 Å². The molecule has 14 heavy (non-hydrogen) atoms. The number of aliphatic hydroxyl groups is 1. The molecule has 0 saturated heterocycles. The Balaban J connectivity index is 2.27. The van der Waals surface area contributed by atoms with Crippen LogP contribution in [0.2, 0.25) is 0 Å². The van der Waals surface area contributed by atoms with Gasteiger partial charge >= 0.3 is 0 Å². The van der Waals surface area contributed by atoms with Gasteiger partial charge in [0.1, 0.15) is 12.4 Å². The molecule has 1 aliphatic carbocycles. The lowest BCUT2D eigenvalue weighted by Gasteiger charge is -2.30. The molecule has 0 amide bonds. The van der Waals surface area contributed by atoms with Crippen LogP contribution in [0, 0.1) is 17.8 Å². The minimum absolute atomic E-state index is 0.232. The summed E-state index contributed by atoms with van der Waals surface area (Å²) in [5.41, 5.74) is 0. The molecule has 0 heterocycles. The van der Waals surface area contributed by atoms with Crippen LogP contribution >= 0.6 is 0 Å². The van der Waals surface area contributed by atoms with Gasteiger partial charge in [0.25, 0.3) is 0 Å². The van der Waals surface area contributed by atoms with Crippen molar-refractivity contribution in [1.82, 2.24) is 0 Å². The van der Waals surface area contributed by atoms with Crippen molar-refractivity contribution in [2.75, 3.05) is 0 Å². The third-order valence-electron chi connectivity index (χ3n) is 3.32. The first-order valence-electron chi connectivity index (χ1n) is 5.76. The Labute approximate surface area is 86.7 Å². The van der Waals surface area contributed by atoms with E-state index in [2.05, 4.69) is 13.8 Å². The Hall–Kier alpha value is -0.370. The number of aliphatic hydroxyl groups excluding tert-OH is 1. The molecule has 0 aromatic heterocycles. The molecule has 0 radical (unpaired) electrons.